The van der Waals surface area contributed by atoms with Gasteiger partial charge in [-0.15, -0.1) is 11.3 Å². The number of nitro groups is 1. The highest BCUT2D eigenvalue weighted by atomic mass is 32.1. The van der Waals surface area contributed by atoms with Crippen molar-refractivity contribution in [3.63, 3.8) is 0 Å². The molecule has 0 aromatic carbocycles. The van der Waals surface area contributed by atoms with Gasteiger partial charge in [-0.2, -0.15) is 0 Å². The molecule has 0 spiro atoms. The van der Waals surface area contributed by atoms with Crippen molar-refractivity contribution in [3.8, 4) is 10.6 Å². The predicted octanol–water partition coefficient (Wildman–Crippen LogP) is 2.97. The van der Waals surface area contributed by atoms with Crippen molar-refractivity contribution in [2.75, 3.05) is 0 Å². The first-order chi connectivity index (χ1) is 8.27. The van der Waals surface area contributed by atoms with Gasteiger partial charge < -0.3 is 10.1 Å². The largest absolute Gasteiger partial charge is 0.391 e. The summed E-state index contributed by atoms with van der Waals surface area (Å²) < 4.78 is 1.74. The molecular formula is C11H7N3O2S. The van der Waals surface area contributed by atoms with Gasteiger partial charge in [0.2, 0.25) is 0 Å². The van der Waals surface area contributed by atoms with E-state index in [1.165, 1.54) is 11.3 Å². The number of hydrogen-bond acceptors (Lipinski definition) is 4. The van der Waals surface area contributed by atoms with Gasteiger partial charge in [0.1, 0.15) is 0 Å². The zero-order valence-electron chi connectivity index (χ0n) is 8.61. The summed E-state index contributed by atoms with van der Waals surface area (Å²) in [7, 11) is 0. The van der Waals surface area contributed by atoms with Crippen LogP contribution in [-0.4, -0.2) is 14.3 Å². The molecule has 0 aliphatic carbocycles. The average molecular weight is 245 g/mol. The SMILES string of the molecule is O=[N+]([O-])c1nc2ccccn2c1-c1cccs1. The van der Waals surface area contributed by atoms with Crippen LogP contribution in [0.2, 0.25) is 0 Å². The zero-order chi connectivity index (χ0) is 11.8. The predicted molar refractivity (Wildman–Crippen MR) is 65.2 cm³/mol. The molecule has 17 heavy (non-hydrogen) atoms. The van der Waals surface area contributed by atoms with E-state index in [-0.39, 0.29) is 5.82 Å². The van der Waals surface area contributed by atoms with Crippen molar-refractivity contribution in [3.05, 3.63) is 52.0 Å². The van der Waals surface area contributed by atoms with Gasteiger partial charge in [-0.05, 0) is 27.4 Å². The lowest BCUT2D eigenvalue weighted by Gasteiger charge is -1.96. The highest BCUT2D eigenvalue weighted by Crippen LogP contribution is 2.33. The molecule has 3 aromatic heterocycles. The molecule has 0 aliphatic heterocycles. The van der Waals surface area contributed by atoms with E-state index in [9.17, 15) is 10.1 Å². The highest BCUT2D eigenvalue weighted by molar-refractivity contribution is 7.13. The molecule has 0 saturated heterocycles. The molecule has 3 heterocycles. The number of aromatic nitrogens is 2. The van der Waals surface area contributed by atoms with E-state index in [0.717, 1.165) is 4.88 Å². The molecule has 6 heteroatoms. The van der Waals surface area contributed by atoms with Gasteiger partial charge in [0.25, 0.3) is 5.65 Å². The minimum atomic E-state index is -0.442. The van der Waals surface area contributed by atoms with E-state index in [4.69, 9.17) is 0 Å². The monoisotopic (exact) mass is 245 g/mol. The van der Waals surface area contributed by atoms with Crippen molar-refractivity contribution < 1.29 is 4.92 Å². The third-order valence-corrected chi connectivity index (χ3v) is 3.32. The Balaban J connectivity index is 2.40. The standard InChI is InChI=1S/C11H7N3O2S/c15-14(16)11-10(8-4-3-7-17-8)13-6-2-1-5-9(13)12-11/h1-7H. The molecule has 3 aromatic rings. The van der Waals surface area contributed by atoms with Gasteiger partial charge in [0.15, 0.2) is 5.69 Å². The fraction of sp³-hybridized carbons (Fsp3) is 0. The van der Waals surface area contributed by atoms with Gasteiger partial charge in [-0.1, -0.05) is 12.1 Å². The second-order valence-electron chi connectivity index (χ2n) is 3.45. The van der Waals surface area contributed by atoms with Gasteiger partial charge in [-0.25, -0.2) is 0 Å². The first kappa shape index (κ1) is 9.98. The lowest BCUT2D eigenvalue weighted by Crippen LogP contribution is -1.91. The first-order valence-corrected chi connectivity index (χ1v) is 5.80. The van der Waals surface area contributed by atoms with Crippen LogP contribution in [0.4, 0.5) is 5.82 Å². The number of hydrogen-bond donors (Lipinski definition) is 0. The van der Waals surface area contributed by atoms with Crippen LogP contribution in [0.3, 0.4) is 0 Å². The summed E-state index contributed by atoms with van der Waals surface area (Å²) in [5.74, 6) is -0.0985. The van der Waals surface area contributed by atoms with E-state index in [1.54, 1.807) is 16.7 Å². The van der Waals surface area contributed by atoms with Crippen molar-refractivity contribution >= 4 is 22.8 Å². The van der Waals surface area contributed by atoms with Crippen LogP contribution in [-0.2, 0) is 0 Å². The lowest BCUT2D eigenvalue weighted by atomic mass is 10.3. The summed E-state index contributed by atoms with van der Waals surface area (Å²) in [6.45, 7) is 0. The number of imidazole rings is 1. The van der Waals surface area contributed by atoms with Crippen LogP contribution in [0.5, 0.6) is 0 Å². The normalized spacial score (nSPS) is 10.8. The van der Waals surface area contributed by atoms with Crippen molar-refractivity contribution in [2.24, 2.45) is 0 Å². The zero-order valence-corrected chi connectivity index (χ0v) is 9.42. The van der Waals surface area contributed by atoms with Crippen LogP contribution in [0.25, 0.3) is 16.2 Å². The number of rotatable bonds is 2. The van der Waals surface area contributed by atoms with E-state index in [1.807, 2.05) is 29.6 Å². The number of thiophene rings is 1. The minimum absolute atomic E-state index is 0.0985. The third-order valence-electron chi connectivity index (χ3n) is 2.44. The second kappa shape index (κ2) is 3.67. The Bertz CT molecular complexity index is 688. The molecule has 3 rings (SSSR count). The fourth-order valence-corrected chi connectivity index (χ4v) is 2.52. The molecule has 84 valence electrons. The highest BCUT2D eigenvalue weighted by Gasteiger charge is 2.24. The maximum Gasteiger partial charge on any atom is 0.391 e. The molecule has 0 N–H and O–H groups in total. The number of fused-ring (bicyclic) bond motifs is 1. The van der Waals surface area contributed by atoms with Crippen LogP contribution in [0.1, 0.15) is 0 Å². The summed E-state index contributed by atoms with van der Waals surface area (Å²) in [6, 6.07) is 9.12. The fourth-order valence-electron chi connectivity index (χ4n) is 1.75. The molecule has 0 amide bonds. The van der Waals surface area contributed by atoms with Crippen LogP contribution in [0, 0.1) is 10.1 Å². The van der Waals surface area contributed by atoms with Gasteiger partial charge >= 0.3 is 5.82 Å². The molecule has 0 unspecified atom stereocenters. The Labute approximate surface area is 100 Å². The maximum atomic E-state index is 11.0. The quantitative estimate of drug-likeness (QED) is 0.515. The van der Waals surface area contributed by atoms with Crippen LogP contribution < -0.4 is 0 Å². The van der Waals surface area contributed by atoms with E-state index in [0.29, 0.717) is 11.3 Å². The Morgan fingerprint density at radius 2 is 2.18 bits per heavy atom. The Hall–Kier alpha value is -2.21. The van der Waals surface area contributed by atoms with E-state index < -0.39 is 4.92 Å². The molecule has 0 aliphatic rings. The summed E-state index contributed by atoms with van der Waals surface area (Å²) in [6.07, 6.45) is 1.78. The van der Waals surface area contributed by atoms with Gasteiger partial charge in [-0.3, -0.25) is 4.40 Å². The van der Waals surface area contributed by atoms with Crippen molar-refractivity contribution in [1.29, 1.82) is 0 Å². The van der Waals surface area contributed by atoms with Crippen molar-refractivity contribution in [2.45, 2.75) is 0 Å². The van der Waals surface area contributed by atoms with Gasteiger partial charge in [0, 0.05) is 12.3 Å². The Kier molecular flexibility index (Phi) is 2.15. The molecule has 0 bridgehead atoms. The molecular weight excluding hydrogens is 238 g/mol. The smallest absolute Gasteiger partial charge is 0.358 e. The molecule has 0 saturated carbocycles. The number of nitrogens with zero attached hydrogens (tertiary/aromatic N) is 3. The number of pyridine rings is 1. The van der Waals surface area contributed by atoms with Crippen LogP contribution in [0.15, 0.2) is 41.9 Å². The van der Waals surface area contributed by atoms with Crippen molar-refractivity contribution in [1.82, 2.24) is 9.38 Å². The second-order valence-corrected chi connectivity index (χ2v) is 4.39. The summed E-state index contributed by atoms with van der Waals surface area (Å²) in [5.41, 5.74) is 1.13. The Morgan fingerprint density at radius 3 is 2.88 bits per heavy atom. The Morgan fingerprint density at radius 1 is 1.29 bits per heavy atom. The summed E-state index contributed by atoms with van der Waals surface area (Å²) in [4.78, 5) is 15.5. The van der Waals surface area contributed by atoms with E-state index >= 15 is 0 Å². The average Bonchev–Trinajstić information content (AvgIpc) is 2.94. The molecule has 0 atom stereocenters. The first-order valence-electron chi connectivity index (χ1n) is 4.93. The topological polar surface area (TPSA) is 60.4 Å². The van der Waals surface area contributed by atoms with Crippen LogP contribution >= 0.6 is 11.3 Å². The summed E-state index contributed by atoms with van der Waals surface area (Å²) in [5, 5.41) is 12.9. The minimum Gasteiger partial charge on any atom is -0.358 e. The maximum absolute atomic E-state index is 11.0. The third kappa shape index (κ3) is 1.50. The summed E-state index contributed by atoms with van der Waals surface area (Å²) >= 11 is 1.46. The van der Waals surface area contributed by atoms with E-state index in [2.05, 4.69) is 4.98 Å². The van der Waals surface area contributed by atoms with Gasteiger partial charge in [0.05, 0.1) is 4.88 Å². The lowest BCUT2D eigenvalue weighted by molar-refractivity contribution is -0.388. The molecule has 0 fully saturated rings. The molecule has 5 nitrogen and oxygen atoms in total. The molecule has 0 radical (unpaired) electrons.